The number of ether oxygens (including phenoxy) is 1. The average molecular weight is 248 g/mol. The minimum absolute atomic E-state index is 0.856. The van der Waals surface area contributed by atoms with Gasteiger partial charge in [0.05, 0.1) is 0 Å². The van der Waals surface area contributed by atoms with Gasteiger partial charge in [-0.2, -0.15) is 0 Å². The van der Waals surface area contributed by atoms with Gasteiger partial charge >= 0.3 is 0 Å². The number of anilines is 1. The average Bonchev–Trinajstić information content (AvgIpc) is 2.45. The highest BCUT2D eigenvalue weighted by Gasteiger charge is 2.12. The number of hydrogen-bond acceptors (Lipinski definition) is 3. The van der Waals surface area contributed by atoms with E-state index in [-0.39, 0.29) is 0 Å². The first-order valence-corrected chi connectivity index (χ1v) is 6.93. The Hall–Kier alpha value is -1.06. The zero-order valence-electron chi connectivity index (χ0n) is 11.2. The van der Waals surface area contributed by atoms with Crippen LogP contribution in [0.3, 0.4) is 0 Å². The molecule has 1 aliphatic rings. The van der Waals surface area contributed by atoms with Gasteiger partial charge in [-0.1, -0.05) is 12.1 Å². The molecule has 1 aromatic rings. The van der Waals surface area contributed by atoms with Crippen molar-refractivity contribution in [2.75, 3.05) is 32.1 Å². The first-order chi connectivity index (χ1) is 8.88. The highest BCUT2D eigenvalue weighted by molar-refractivity contribution is 5.44. The van der Waals surface area contributed by atoms with E-state index >= 15 is 0 Å². The fraction of sp³-hybridized carbons (Fsp3) is 0.600. The van der Waals surface area contributed by atoms with Gasteiger partial charge in [-0.15, -0.1) is 0 Å². The smallest absolute Gasteiger partial charge is 0.0468 e. The third kappa shape index (κ3) is 4.31. The predicted octanol–water partition coefficient (Wildman–Crippen LogP) is 2.63. The molecule has 1 heterocycles. The van der Waals surface area contributed by atoms with Crippen LogP contribution >= 0.6 is 0 Å². The van der Waals surface area contributed by atoms with Crippen LogP contribution in [0, 0.1) is 5.92 Å². The Morgan fingerprint density at radius 1 is 1.28 bits per heavy atom. The minimum Gasteiger partial charge on any atom is -0.388 e. The summed E-state index contributed by atoms with van der Waals surface area (Å²) in [6.07, 6.45) is 3.74. The van der Waals surface area contributed by atoms with Crippen LogP contribution in [-0.2, 0) is 11.3 Å². The number of nitrogens with one attached hydrogen (secondary N) is 2. The van der Waals surface area contributed by atoms with Crippen molar-refractivity contribution in [1.29, 1.82) is 0 Å². The van der Waals surface area contributed by atoms with E-state index < -0.39 is 0 Å². The largest absolute Gasteiger partial charge is 0.388 e. The molecule has 0 radical (unpaired) electrons. The van der Waals surface area contributed by atoms with Crippen LogP contribution in [0.2, 0.25) is 0 Å². The molecular weight excluding hydrogens is 224 g/mol. The van der Waals surface area contributed by atoms with Gasteiger partial charge in [0.1, 0.15) is 0 Å². The van der Waals surface area contributed by atoms with Gasteiger partial charge in [-0.05, 0) is 49.4 Å². The number of hydrogen-bond donors (Lipinski definition) is 2. The molecule has 0 atom stereocenters. The molecule has 18 heavy (non-hydrogen) atoms. The van der Waals surface area contributed by atoms with E-state index in [9.17, 15) is 0 Å². The van der Waals surface area contributed by atoms with Crippen LogP contribution in [0.4, 0.5) is 5.69 Å². The van der Waals surface area contributed by atoms with Gasteiger partial charge in [0.15, 0.2) is 0 Å². The van der Waals surface area contributed by atoms with Crippen molar-refractivity contribution in [3.63, 3.8) is 0 Å². The van der Waals surface area contributed by atoms with Crippen LogP contribution in [0.15, 0.2) is 24.3 Å². The summed E-state index contributed by atoms with van der Waals surface area (Å²) in [4.78, 5) is 0. The Morgan fingerprint density at radius 3 is 2.89 bits per heavy atom. The Labute approximate surface area is 110 Å². The fourth-order valence-electron chi connectivity index (χ4n) is 2.41. The molecule has 100 valence electrons. The van der Waals surface area contributed by atoms with Gasteiger partial charge in [0.2, 0.25) is 0 Å². The third-order valence-corrected chi connectivity index (χ3v) is 3.62. The van der Waals surface area contributed by atoms with Crippen LogP contribution in [0.25, 0.3) is 0 Å². The zero-order chi connectivity index (χ0) is 12.6. The first-order valence-electron chi connectivity index (χ1n) is 6.93. The second-order valence-corrected chi connectivity index (χ2v) is 4.97. The fourth-order valence-corrected chi connectivity index (χ4v) is 2.41. The van der Waals surface area contributed by atoms with Crippen molar-refractivity contribution in [2.45, 2.75) is 25.8 Å². The van der Waals surface area contributed by atoms with Crippen molar-refractivity contribution in [2.24, 2.45) is 5.92 Å². The summed E-state index contributed by atoms with van der Waals surface area (Å²) in [5.41, 5.74) is 2.52. The quantitative estimate of drug-likeness (QED) is 0.759. The summed E-state index contributed by atoms with van der Waals surface area (Å²) in [7, 11) is 1.96. The van der Waals surface area contributed by atoms with E-state index in [4.69, 9.17) is 4.74 Å². The second kappa shape index (κ2) is 7.39. The molecular formula is C15H24N2O. The molecule has 2 N–H and O–H groups in total. The number of benzene rings is 1. The van der Waals surface area contributed by atoms with Gasteiger partial charge < -0.3 is 15.4 Å². The van der Waals surface area contributed by atoms with Crippen molar-refractivity contribution in [3.05, 3.63) is 29.8 Å². The lowest BCUT2D eigenvalue weighted by atomic mass is 9.97. The Morgan fingerprint density at radius 2 is 2.11 bits per heavy atom. The molecule has 3 heteroatoms. The second-order valence-electron chi connectivity index (χ2n) is 4.97. The molecule has 1 aliphatic heterocycles. The molecule has 0 aliphatic carbocycles. The van der Waals surface area contributed by atoms with Crippen LogP contribution in [-0.4, -0.2) is 26.8 Å². The lowest BCUT2D eigenvalue weighted by Crippen LogP contribution is -2.22. The van der Waals surface area contributed by atoms with Crippen LogP contribution < -0.4 is 10.6 Å². The van der Waals surface area contributed by atoms with E-state index in [0.717, 1.165) is 32.2 Å². The van der Waals surface area contributed by atoms with E-state index in [2.05, 4.69) is 34.9 Å². The third-order valence-electron chi connectivity index (χ3n) is 3.62. The molecule has 0 amide bonds. The lowest BCUT2D eigenvalue weighted by Gasteiger charge is -2.21. The Bertz CT molecular complexity index is 348. The standard InChI is InChI=1S/C15H24N2O/c1-16-15-4-2-3-14(11-15)12-17-8-5-13-6-9-18-10-7-13/h2-4,11,13,16-17H,5-10,12H2,1H3. The van der Waals surface area contributed by atoms with Gasteiger partial charge in [0, 0.05) is 32.5 Å². The van der Waals surface area contributed by atoms with Gasteiger partial charge in [0.25, 0.3) is 0 Å². The molecule has 0 bridgehead atoms. The van der Waals surface area contributed by atoms with Gasteiger partial charge in [-0.25, -0.2) is 0 Å². The maximum atomic E-state index is 5.37. The molecule has 0 unspecified atom stereocenters. The zero-order valence-corrected chi connectivity index (χ0v) is 11.2. The Kier molecular flexibility index (Phi) is 5.49. The molecule has 3 nitrogen and oxygen atoms in total. The maximum Gasteiger partial charge on any atom is 0.0468 e. The monoisotopic (exact) mass is 248 g/mol. The predicted molar refractivity (Wildman–Crippen MR) is 75.9 cm³/mol. The summed E-state index contributed by atoms with van der Waals surface area (Å²) < 4.78 is 5.37. The SMILES string of the molecule is CNc1cccc(CNCCC2CCOCC2)c1. The molecule has 0 saturated carbocycles. The lowest BCUT2D eigenvalue weighted by molar-refractivity contribution is 0.0639. The van der Waals surface area contributed by atoms with Crippen LogP contribution in [0.1, 0.15) is 24.8 Å². The van der Waals surface area contributed by atoms with E-state index in [1.54, 1.807) is 0 Å². The summed E-state index contributed by atoms with van der Waals surface area (Å²) in [6.45, 7) is 3.97. The molecule has 1 aromatic carbocycles. The van der Waals surface area contributed by atoms with E-state index in [1.807, 2.05) is 7.05 Å². The highest BCUT2D eigenvalue weighted by Crippen LogP contribution is 2.17. The van der Waals surface area contributed by atoms with Crippen molar-refractivity contribution < 1.29 is 4.74 Å². The molecule has 1 fully saturated rings. The Balaban J connectivity index is 1.65. The molecule has 2 rings (SSSR count). The summed E-state index contributed by atoms with van der Waals surface area (Å²) in [6, 6.07) is 8.55. The topological polar surface area (TPSA) is 33.3 Å². The summed E-state index contributed by atoms with van der Waals surface area (Å²) in [5.74, 6) is 0.856. The molecule has 1 saturated heterocycles. The normalized spacial score (nSPS) is 16.7. The summed E-state index contributed by atoms with van der Waals surface area (Å²) >= 11 is 0. The number of rotatable bonds is 6. The van der Waals surface area contributed by atoms with Crippen molar-refractivity contribution in [1.82, 2.24) is 5.32 Å². The van der Waals surface area contributed by atoms with Crippen molar-refractivity contribution in [3.8, 4) is 0 Å². The van der Waals surface area contributed by atoms with Crippen molar-refractivity contribution >= 4 is 5.69 Å². The summed E-state index contributed by atoms with van der Waals surface area (Å²) in [5, 5.41) is 6.70. The molecule has 0 spiro atoms. The first kappa shape index (κ1) is 13.4. The van der Waals surface area contributed by atoms with Gasteiger partial charge in [-0.3, -0.25) is 0 Å². The van der Waals surface area contributed by atoms with Crippen LogP contribution in [0.5, 0.6) is 0 Å². The highest BCUT2D eigenvalue weighted by atomic mass is 16.5. The molecule has 0 aromatic heterocycles. The maximum absolute atomic E-state index is 5.37. The van der Waals surface area contributed by atoms with E-state index in [1.165, 1.54) is 30.5 Å². The van der Waals surface area contributed by atoms with E-state index in [0.29, 0.717) is 0 Å². The minimum atomic E-state index is 0.856.